The van der Waals surface area contributed by atoms with Crippen molar-refractivity contribution in [3.05, 3.63) is 59.2 Å². The molecule has 9 heteroatoms. The number of ether oxygens (including phenoxy) is 2. The normalized spacial score (nSPS) is 26.1. The highest BCUT2D eigenvalue weighted by molar-refractivity contribution is 7.89. The number of benzene rings is 2. The summed E-state index contributed by atoms with van der Waals surface area (Å²) < 4.78 is 39.6. The number of carbonyl (C=O) groups excluding carboxylic acids is 1. The van der Waals surface area contributed by atoms with Gasteiger partial charge in [-0.1, -0.05) is 36.8 Å². The van der Waals surface area contributed by atoms with Crippen molar-refractivity contribution in [1.29, 1.82) is 0 Å². The van der Waals surface area contributed by atoms with Gasteiger partial charge in [0.15, 0.2) is 0 Å². The van der Waals surface area contributed by atoms with Gasteiger partial charge in [-0.3, -0.25) is 9.69 Å². The molecule has 2 aromatic rings. The van der Waals surface area contributed by atoms with Crippen LogP contribution in [-0.4, -0.2) is 75.6 Å². The van der Waals surface area contributed by atoms with Crippen LogP contribution < -0.4 is 10.1 Å². The second-order valence-corrected chi connectivity index (χ2v) is 13.8. The topological polar surface area (TPSA) is 88.2 Å². The highest BCUT2D eigenvalue weighted by Crippen LogP contribution is 2.43. The number of likely N-dealkylation sites (tertiary alicyclic amines) is 1. The first-order chi connectivity index (χ1) is 19.7. The molecule has 2 aromatic carbocycles. The minimum absolute atomic E-state index is 0.0500. The van der Waals surface area contributed by atoms with E-state index in [0.717, 1.165) is 38.8 Å². The summed E-state index contributed by atoms with van der Waals surface area (Å²) in [5.41, 5.74) is 2.78. The van der Waals surface area contributed by atoms with Crippen LogP contribution in [0.3, 0.4) is 0 Å². The van der Waals surface area contributed by atoms with Gasteiger partial charge < -0.3 is 14.8 Å². The third-order valence-corrected chi connectivity index (χ3v) is 11.4. The summed E-state index contributed by atoms with van der Waals surface area (Å²) in [6, 6.07) is 14.5. The number of nitrogens with zero attached hydrogens (tertiary/aromatic N) is 2. The van der Waals surface area contributed by atoms with Crippen LogP contribution in [0.25, 0.3) is 0 Å². The van der Waals surface area contributed by atoms with E-state index in [0.29, 0.717) is 34.7 Å². The van der Waals surface area contributed by atoms with Crippen molar-refractivity contribution >= 4 is 15.9 Å². The molecule has 41 heavy (non-hydrogen) atoms. The fraction of sp³-hybridized carbons (Fsp3) is 0.594. The Morgan fingerprint density at radius 1 is 0.976 bits per heavy atom. The average Bonchev–Trinajstić information content (AvgIpc) is 3.47. The number of methoxy groups -OCH3 is 1. The number of hydrogen-bond donors (Lipinski definition) is 1. The molecule has 3 aliphatic rings. The van der Waals surface area contributed by atoms with E-state index in [1.807, 2.05) is 0 Å². The molecule has 8 nitrogen and oxygen atoms in total. The smallest absolute Gasteiger partial charge is 0.246 e. The molecule has 224 valence electrons. The van der Waals surface area contributed by atoms with Crippen molar-refractivity contribution in [1.82, 2.24) is 14.5 Å². The van der Waals surface area contributed by atoms with Crippen molar-refractivity contribution in [3.8, 4) is 5.75 Å². The van der Waals surface area contributed by atoms with Crippen molar-refractivity contribution < 1.29 is 22.7 Å². The molecule has 1 N–H and O–H groups in total. The van der Waals surface area contributed by atoms with Crippen molar-refractivity contribution in [2.24, 2.45) is 0 Å². The Hall–Kier alpha value is -2.46. The van der Waals surface area contributed by atoms with Gasteiger partial charge in [-0.25, -0.2) is 8.42 Å². The summed E-state index contributed by atoms with van der Waals surface area (Å²) in [4.78, 5) is 15.9. The standard InChI is InChI=1S/C32H45N3O5S/c1-24-20-29(39-3)21-25(2)31(24)41(37,38)35-19-14-28(22-35)40-23-30(36)33-27-12-15-32(16-13-27,26-10-6-4-7-11-26)34-17-8-5-9-18-34/h4,6-7,10-11,20-21,27-28H,5,8-9,12-19,22-23H2,1-3H3,(H,33,36). The number of aryl methyl sites for hydroxylation is 2. The molecule has 1 aliphatic carbocycles. The summed E-state index contributed by atoms with van der Waals surface area (Å²) in [6.45, 7) is 6.44. The predicted molar refractivity (Wildman–Crippen MR) is 160 cm³/mol. The van der Waals surface area contributed by atoms with Gasteiger partial charge in [0.05, 0.1) is 18.1 Å². The van der Waals surface area contributed by atoms with E-state index in [2.05, 4.69) is 40.5 Å². The lowest BCUT2D eigenvalue weighted by molar-refractivity contribution is -0.128. The molecule has 2 saturated heterocycles. The third-order valence-electron chi connectivity index (χ3n) is 9.28. The van der Waals surface area contributed by atoms with Gasteiger partial charge in [-0.05, 0) is 101 Å². The molecule has 3 fully saturated rings. The number of rotatable bonds is 9. The molecule has 1 atom stereocenters. The number of nitrogens with one attached hydrogen (secondary N) is 1. The molecular weight excluding hydrogens is 538 g/mol. The molecule has 0 spiro atoms. The molecule has 0 radical (unpaired) electrons. The fourth-order valence-corrected chi connectivity index (χ4v) is 9.07. The second-order valence-electron chi connectivity index (χ2n) is 12.0. The van der Waals surface area contributed by atoms with Crippen molar-refractivity contribution in [2.45, 2.75) is 87.8 Å². The summed E-state index contributed by atoms with van der Waals surface area (Å²) in [5, 5.41) is 3.20. The fourth-order valence-electron chi connectivity index (χ4n) is 7.18. The van der Waals surface area contributed by atoms with Gasteiger partial charge in [0.1, 0.15) is 12.4 Å². The van der Waals surface area contributed by atoms with E-state index < -0.39 is 10.0 Å². The van der Waals surface area contributed by atoms with Gasteiger partial charge >= 0.3 is 0 Å². The first kappa shape index (κ1) is 30.0. The van der Waals surface area contributed by atoms with Gasteiger partial charge in [0, 0.05) is 24.7 Å². The van der Waals surface area contributed by atoms with Crippen molar-refractivity contribution in [3.63, 3.8) is 0 Å². The van der Waals surface area contributed by atoms with Crippen LogP contribution in [0.4, 0.5) is 0 Å². The second kappa shape index (κ2) is 12.8. The number of piperidine rings is 1. The van der Waals surface area contributed by atoms with Crippen LogP contribution in [0.5, 0.6) is 5.75 Å². The van der Waals surface area contributed by atoms with E-state index in [1.165, 1.54) is 29.1 Å². The molecule has 5 rings (SSSR count). The zero-order chi connectivity index (χ0) is 29.0. The Balaban J connectivity index is 1.13. The molecular formula is C32H45N3O5S. The highest BCUT2D eigenvalue weighted by Gasteiger charge is 2.42. The zero-order valence-corrected chi connectivity index (χ0v) is 25.5. The highest BCUT2D eigenvalue weighted by atomic mass is 32.2. The Morgan fingerprint density at radius 3 is 2.27 bits per heavy atom. The minimum atomic E-state index is -3.67. The predicted octanol–water partition coefficient (Wildman–Crippen LogP) is 4.53. The van der Waals surface area contributed by atoms with Gasteiger partial charge in [-0.2, -0.15) is 4.31 Å². The van der Waals surface area contributed by atoms with E-state index in [9.17, 15) is 13.2 Å². The summed E-state index contributed by atoms with van der Waals surface area (Å²) in [7, 11) is -2.10. The van der Waals surface area contributed by atoms with Crippen molar-refractivity contribution in [2.75, 3.05) is 39.9 Å². The summed E-state index contributed by atoms with van der Waals surface area (Å²) >= 11 is 0. The lowest BCUT2D eigenvalue weighted by Gasteiger charge is -2.50. The van der Waals surface area contributed by atoms with Crippen LogP contribution in [0.1, 0.15) is 68.1 Å². The Bertz CT molecular complexity index is 1280. The molecule has 2 heterocycles. The summed E-state index contributed by atoms with van der Waals surface area (Å²) in [6.07, 6.45) is 8.03. The van der Waals surface area contributed by atoms with Crippen LogP contribution in [0.2, 0.25) is 0 Å². The quantitative estimate of drug-likeness (QED) is 0.467. The maximum atomic E-state index is 13.4. The number of amides is 1. The maximum Gasteiger partial charge on any atom is 0.246 e. The minimum Gasteiger partial charge on any atom is -0.497 e. The molecule has 0 bridgehead atoms. The Labute approximate surface area is 245 Å². The average molecular weight is 584 g/mol. The van der Waals surface area contributed by atoms with E-state index in [-0.39, 0.29) is 36.7 Å². The zero-order valence-electron chi connectivity index (χ0n) is 24.7. The molecule has 1 saturated carbocycles. The Morgan fingerprint density at radius 2 is 1.63 bits per heavy atom. The molecule has 0 aromatic heterocycles. The SMILES string of the molecule is COc1cc(C)c(S(=O)(=O)N2CCC(OCC(=O)NC3CCC(c4ccccc4)(N4CCCCC4)CC3)C2)c(C)c1. The lowest BCUT2D eigenvalue weighted by Crippen LogP contribution is -2.53. The number of sulfonamides is 1. The van der Waals surface area contributed by atoms with Crippen LogP contribution >= 0.6 is 0 Å². The third kappa shape index (κ3) is 6.48. The van der Waals surface area contributed by atoms with E-state index >= 15 is 0 Å². The monoisotopic (exact) mass is 583 g/mol. The van der Waals surface area contributed by atoms with Crippen LogP contribution in [-0.2, 0) is 25.1 Å². The van der Waals surface area contributed by atoms with E-state index in [4.69, 9.17) is 9.47 Å². The largest absolute Gasteiger partial charge is 0.497 e. The lowest BCUT2D eigenvalue weighted by atomic mass is 9.73. The first-order valence-electron chi connectivity index (χ1n) is 15.1. The number of carbonyl (C=O) groups is 1. The molecule has 1 unspecified atom stereocenters. The van der Waals surface area contributed by atoms with Gasteiger partial charge in [0.25, 0.3) is 0 Å². The van der Waals surface area contributed by atoms with Gasteiger partial charge in [0.2, 0.25) is 15.9 Å². The number of hydrogen-bond acceptors (Lipinski definition) is 6. The molecule has 2 aliphatic heterocycles. The first-order valence-corrected chi connectivity index (χ1v) is 16.5. The van der Waals surface area contributed by atoms with Gasteiger partial charge in [-0.15, -0.1) is 0 Å². The van der Waals surface area contributed by atoms with E-state index in [1.54, 1.807) is 33.1 Å². The van der Waals surface area contributed by atoms with Crippen LogP contribution in [0, 0.1) is 13.8 Å². The van der Waals surface area contributed by atoms with Crippen LogP contribution in [0.15, 0.2) is 47.4 Å². The summed E-state index contributed by atoms with van der Waals surface area (Å²) in [5.74, 6) is 0.520. The Kier molecular flexibility index (Phi) is 9.38. The maximum absolute atomic E-state index is 13.4. The molecule has 1 amide bonds.